The van der Waals surface area contributed by atoms with Crippen molar-refractivity contribution < 1.29 is 9.47 Å². The minimum Gasteiger partial charge on any atom is -0.495 e. The number of nitrogens with zero attached hydrogens (tertiary/aromatic N) is 1. The molecule has 2 aromatic rings. The van der Waals surface area contributed by atoms with Crippen molar-refractivity contribution in [3.8, 4) is 11.5 Å². The number of aromatic amines is 1. The van der Waals surface area contributed by atoms with Gasteiger partial charge in [-0.05, 0) is 6.92 Å². The Morgan fingerprint density at radius 3 is 2.58 bits per heavy atom. The lowest BCUT2D eigenvalue weighted by molar-refractivity contribution is 0.404. The Labute approximate surface area is 116 Å². The quantitative estimate of drug-likeness (QED) is 0.884. The van der Waals surface area contributed by atoms with Crippen molar-refractivity contribution in [2.75, 3.05) is 19.5 Å². The first-order chi connectivity index (χ1) is 9.13. The van der Waals surface area contributed by atoms with Crippen molar-refractivity contribution in [2.24, 2.45) is 0 Å². The second-order valence-electron chi connectivity index (χ2n) is 4.03. The Balaban J connectivity index is 2.18. The molecule has 0 fully saturated rings. The number of nitrogens with one attached hydrogen (secondary N) is 2. The Kier molecular flexibility index (Phi) is 4.16. The molecule has 0 spiro atoms. The Morgan fingerprint density at radius 2 is 2.00 bits per heavy atom. The van der Waals surface area contributed by atoms with Gasteiger partial charge in [-0.25, -0.2) is 4.98 Å². The van der Waals surface area contributed by atoms with E-state index in [-0.39, 0.29) is 0 Å². The first-order valence-corrected chi connectivity index (χ1v) is 6.17. The van der Waals surface area contributed by atoms with Gasteiger partial charge >= 0.3 is 0 Å². The summed E-state index contributed by atoms with van der Waals surface area (Å²) in [6, 6.07) is 3.53. The molecule has 0 aliphatic heterocycles. The molecule has 2 N–H and O–H groups in total. The van der Waals surface area contributed by atoms with Gasteiger partial charge in [-0.15, -0.1) is 0 Å². The Morgan fingerprint density at radius 1 is 1.26 bits per heavy atom. The number of aromatic nitrogens is 2. The van der Waals surface area contributed by atoms with E-state index in [0.29, 0.717) is 23.1 Å². The lowest BCUT2D eigenvalue weighted by atomic mass is 10.2. The van der Waals surface area contributed by atoms with E-state index in [1.165, 1.54) is 0 Å². The van der Waals surface area contributed by atoms with E-state index in [9.17, 15) is 0 Å². The molecule has 6 heteroatoms. The second-order valence-corrected chi connectivity index (χ2v) is 4.44. The van der Waals surface area contributed by atoms with Crippen molar-refractivity contribution in [2.45, 2.75) is 13.5 Å². The molecule has 1 aromatic carbocycles. The van der Waals surface area contributed by atoms with E-state index in [2.05, 4.69) is 15.3 Å². The number of imidazole rings is 1. The van der Waals surface area contributed by atoms with Crippen LogP contribution in [0.1, 0.15) is 11.5 Å². The minimum absolute atomic E-state index is 0.516. The van der Waals surface area contributed by atoms with Crippen molar-refractivity contribution in [3.05, 3.63) is 34.9 Å². The molecule has 0 saturated carbocycles. The van der Waals surface area contributed by atoms with Gasteiger partial charge in [-0.3, -0.25) is 0 Å². The predicted octanol–water partition coefficient (Wildman–Crippen LogP) is 3.00. The maximum atomic E-state index is 6.05. The van der Waals surface area contributed by atoms with Gasteiger partial charge in [0.15, 0.2) is 0 Å². The van der Waals surface area contributed by atoms with Crippen LogP contribution >= 0.6 is 11.6 Å². The summed E-state index contributed by atoms with van der Waals surface area (Å²) in [6.07, 6.45) is 1.79. The number of aryl methyl sites for hydroxylation is 1. The van der Waals surface area contributed by atoms with Crippen LogP contribution in [0.3, 0.4) is 0 Å². The summed E-state index contributed by atoms with van der Waals surface area (Å²) >= 11 is 6.05. The van der Waals surface area contributed by atoms with Gasteiger partial charge in [0, 0.05) is 12.1 Å². The van der Waals surface area contributed by atoms with Crippen LogP contribution in [-0.4, -0.2) is 24.2 Å². The van der Waals surface area contributed by atoms with Crippen molar-refractivity contribution in [3.63, 3.8) is 0 Å². The van der Waals surface area contributed by atoms with E-state index in [0.717, 1.165) is 17.2 Å². The van der Waals surface area contributed by atoms with Crippen LogP contribution in [0.15, 0.2) is 18.3 Å². The lowest BCUT2D eigenvalue weighted by Crippen LogP contribution is -2.02. The number of ether oxygens (including phenoxy) is 2. The average molecular weight is 282 g/mol. The summed E-state index contributed by atoms with van der Waals surface area (Å²) in [7, 11) is 3.18. The molecule has 19 heavy (non-hydrogen) atoms. The zero-order valence-electron chi connectivity index (χ0n) is 11.1. The number of methoxy groups -OCH3 is 2. The molecule has 1 heterocycles. The molecule has 0 radical (unpaired) electrons. The summed E-state index contributed by atoms with van der Waals surface area (Å²) in [5, 5.41) is 3.78. The monoisotopic (exact) mass is 281 g/mol. The Bertz CT molecular complexity index is 569. The zero-order chi connectivity index (χ0) is 13.8. The highest BCUT2D eigenvalue weighted by atomic mass is 35.5. The number of benzene rings is 1. The highest BCUT2D eigenvalue weighted by molar-refractivity contribution is 6.32. The van der Waals surface area contributed by atoms with Crippen LogP contribution in [0.25, 0.3) is 0 Å². The van der Waals surface area contributed by atoms with Crippen LogP contribution < -0.4 is 14.8 Å². The number of H-pyrrole nitrogens is 1. The third kappa shape index (κ3) is 3.12. The van der Waals surface area contributed by atoms with E-state index in [4.69, 9.17) is 21.1 Å². The highest BCUT2D eigenvalue weighted by Gasteiger charge is 2.10. The van der Waals surface area contributed by atoms with E-state index in [1.54, 1.807) is 26.5 Å². The molecule has 5 nitrogen and oxygen atoms in total. The van der Waals surface area contributed by atoms with Crippen molar-refractivity contribution in [1.82, 2.24) is 9.97 Å². The third-order valence-corrected chi connectivity index (χ3v) is 2.99. The smallest absolute Gasteiger partial charge is 0.143 e. The molecule has 0 amide bonds. The third-order valence-electron chi connectivity index (χ3n) is 2.70. The molecule has 0 bridgehead atoms. The summed E-state index contributed by atoms with van der Waals surface area (Å²) in [6.45, 7) is 2.53. The molecular formula is C13H16ClN3O2. The van der Waals surface area contributed by atoms with E-state index < -0.39 is 0 Å². The summed E-state index contributed by atoms with van der Waals surface area (Å²) in [5.74, 6) is 2.16. The zero-order valence-corrected chi connectivity index (χ0v) is 11.8. The molecule has 0 aliphatic rings. The average Bonchev–Trinajstić information content (AvgIpc) is 2.82. The van der Waals surface area contributed by atoms with Gasteiger partial charge in [0.25, 0.3) is 0 Å². The minimum atomic E-state index is 0.516. The number of rotatable bonds is 5. The maximum absolute atomic E-state index is 6.05. The number of anilines is 1. The molecule has 0 atom stereocenters. The topological polar surface area (TPSA) is 59.2 Å². The maximum Gasteiger partial charge on any atom is 0.143 e. The molecular weight excluding hydrogens is 266 g/mol. The van der Waals surface area contributed by atoms with E-state index >= 15 is 0 Å². The van der Waals surface area contributed by atoms with Gasteiger partial charge < -0.3 is 19.8 Å². The van der Waals surface area contributed by atoms with Gasteiger partial charge in [-0.2, -0.15) is 0 Å². The fourth-order valence-corrected chi connectivity index (χ4v) is 1.98. The van der Waals surface area contributed by atoms with E-state index in [1.807, 2.05) is 13.0 Å². The Hall–Kier alpha value is -1.88. The molecule has 2 rings (SSSR count). The fraction of sp³-hybridized carbons (Fsp3) is 0.308. The molecule has 0 saturated heterocycles. The predicted molar refractivity (Wildman–Crippen MR) is 75.2 cm³/mol. The SMILES string of the molecule is COc1cc(NCc2cnc(C)[nH]2)c(OC)cc1Cl. The van der Waals surface area contributed by atoms with Gasteiger partial charge in [0.2, 0.25) is 0 Å². The molecule has 102 valence electrons. The van der Waals surface area contributed by atoms with Gasteiger partial charge in [0.1, 0.15) is 17.3 Å². The van der Waals surface area contributed by atoms with Crippen molar-refractivity contribution >= 4 is 17.3 Å². The number of hydrogen-bond acceptors (Lipinski definition) is 4. The van der Waals surface area contributed by atoms with Crippen LogP contribution in [0.2, 0.25) is 5.02 Å². The number of hydrogen-bond donors (Lipinski definition) is 2. The molecule has 1 aromatic heterocycles. The second kappa shape index (κ2) is 5.84. The van der Waals surface area contributed by atoms with Crippen LogP contribution in [0, 0.1) is 6.92 Å². The van der Waals surface area contributed by atoms with Crippen LogP contribution in [-0.2, 0) is 6.54 Å². The first kappa shape index (κ1) is 13.5. The summed E-state index contributed by atoms with van der Waals surface area (Å²) in [4.78, 5) is 7.30. The summed E-state index contributed by atoms with van der Waals surface area (Å²) in [5.41, 5.74) is 1.81. The normalized spacial score (nSPS) is 10.3. The number of halogens is 1. The fourth-order valence-electron chi connectivity index (χ4n) is 1.75. The van der Waals surface area contributed by atoms with Gasteiger partial charge in [-0.1, -0.05) is 11.6 Å². The largest absolute Gasteiger partial charge is 0.495 e. The van der Waals surface area contributed by atoms with Gasteiger partial charge in [0.05, 0.1) is 43.4 Å². The first-order valence-electron chi connectivity index (χ1n) is 5.80. The van der Waals surface area contributed by atoms with Crippen LogP contribution in [0.4, 0.5) is 5.69 Å². The molecule has 0 unspecified atom stereocenters. The lowest BCUT2D eigenvalue weighted by Gasteiger charge is -2.13. The molecule has 0 aliphatic carbocycles. The summed E-state index contributed by atoms with van der Waals surface area (Å²) < 4.78 is 10.5. The standard InChI is InChI=1S/C13H16ClN3O2/c1-8-15-6-9(17-8)7-16-11-5-12(18-2)10(14)4-13(11)19-3/h4-6,16H,7H2,1-3H3,(H,15,17). The van der Waals surface area contributed by atoms with Crippen LogP contribution in [0.5, 0.6) is 11.5 Å². The van der Waals surface area contributed by atoms with Crippen molar-refractivity contribution in [1.29, 1.82) is 0 Å². The highest BCUT2D eigenvalue weighted by Crippen LogP contribution is 2.35.